The highest BCUT2D eigenvalue weighted by Crippen LogP contribution is 2.34. The highest BCUT2D eigenvalue weighted by Gasteiger charge is 2.41. The second kappa shape index (κ2) is 7.47. The zero-order valence-electron chi connectivity index (χ0n) is 14.0. The van der Waals surface area contributed by atoms with Crippen LogP contribution in [0.1, 0.15) is 51.5 Å². The SMILES string of the molecule is CC[C@@H](C)Oc1ccc(NC(=O)C2(OC)CCCC2)c(C#N)c1. The number of nitrogens with one attached hydrogen (secondary N) is 1. The Balaban J connectivity index is 2.16. The monoisotopic (exact) mass is 316 g/mol. The number of nitrogens with zero attached hydrogens (tertiary/aromatic N) is 1. The van der Waals surface area contributed by atoms with Gasteiger partial charge < -0.3 is 14.8 Å². The number of benzene rings is 1. The van der Waals surface area contributed by atoms with Crippen molar-refractivity contribution in [1.29, 1.82) is 5.26 Å². The van der Waals surface area contributed by atoms with Gasteiger partial charge in [-0.05, 0) is 51.2 Å². The second-order valence-electron chi connectivity index (χ2n) is 6.02. The number of amides is 1. The van der Waals surface area contributed by atoms with Crippen molar-refractivity contribution in [1.82, 2.24) is 0 Å². The van der Waals surface area contributed by atoms with E-state index in [1.165, 1.54) is 0 Å². The summed E-state index contributed by atoms with van der Waals surface area (Å²) in [5.41, 5.74) is 0.124. The van der Waals surface area contributed by atoms with Crippen molar-refractivity contribution >= 4 is 11.6 Å². The van der Waals surface area contributed by atoms with Crippen LogP contribution < -0.4 is 10.1 Å². The molecule has 0 unspecified atom stereocenters. The van der Waals surface area contributed by atoms with Crippen LogP contribution in [0.25, 0.3) is 0 Å². The van der Waals surface area contributed by atoms with Crippen molar-refractivity contribution in [2.24, 2.45) is 0 Å². The topological polar surface area (TPSA) is 71.3 Å². The highest BCUT2D eigenvalue weighted by atomic mass is 16.5. The maximum Gasteiger partial charge on any atom is 0.256 e. The Kier molecular flexibility index (Phi) is 5.62. The van der Waals surface area contributed by atoms with Crippen LogP contribution in [0.2, 0.25) is 0 Å². The van der Waals surface area contributed by atoms with Gasteiger partial charge in [-0.2, -0.15) is 5.26 Å². The van der Waals surface area contributed by atoms with Gasteiger partial charge in [-0.3, -0.25) is 4.79 Å². The first-order valence-electron chi connectivity index (χ1n) is 8.12. The Bertz CT molecular complexity index is 601. The Morgan fingerprint density at radius 3 is 2.70 bits per heavy atom. The van der Waals surface area contributed by atoms with Crippen LogP contribution in [-0.4, -0.2) is 24.7 Å². The van der Waals surface area contributed by atoms with Gasteiger partial charge in [0, 0.05) is 13.2 Å². The summed E-state index contributed by atoms with van der Waals surface area (Å²) in [5.74, 6) is 0.459. The van der Waals surface area contributed by atoms with E-state index in [1.54, 1.807) is 25.3 Å². The van der Waals surface area contributed by atoms with Gasteiger partial charge in [-0.25, -0.2) is 0 Å². The van der Waals surface area contributed by atoms with Crippen LogP contribution in [0.5, 0.6) is 5.75 Å². The smallest absolute Gasteiger partial charge is 0.256 e. The normalized spacial score (nSPS) is 17.3. The molecule has 0 spiro atoms. The fraction of sp³-hybridized carbons (Fsp3) is 0.556. The second-order valence-corrected chi connectivity index (χ2v) is 6.02. The molecule has 1 N–H and O–H groups in total. The summed E-state index contributed by atoms with van der Waals surface area (Å²) in [6.45, 7) is 4.01. The molecular formula is C18H24N2O3. The van der Waals surface area contributed by atoms with Crippen LogP contribution in [-0.2, 0) is 9.53 Å². The Morgan fingerprint density at radius 2 is 2.13 bits per heavy atom. The number of ether oxygens (including phenoxy) is 2. The summed E-state index contributed by atoms with van der Waals surface area (Å²) < 4.78 is 11.2. The summed E-state index contributed by atoms with van der Waals surface area (Å²) in [4.78, 5) is 12.6. The molecule has 1 aliphatic rings. The first-order valence-corrected chi connectivity index (χ1v) is 8.12. The van der Waals surface area contributed by atoms with Crippen LogP contribution >= 0.6 is 0 Å². The molecule has 5 nitrogen and oxygen atoms in total. The molecule has 124 valence electrons. The number of hydrogen-bond donors (Lipinski definition) is 1. The van der Waals surface area contributed by atoms with E-state index in [4.69, 9.17) is 9.47 Å². The number of hydrogen-bond acceptors (Lipinski definition) is 4. The molecule has 23 heavy (non-hydrogen) atoms. The van der Waals surface area contributed by atoms with Crippen molar-refractivity contribution < 1.29 is 14.3 Å². The van der Waals surface area contributed by atoms with Gasteiger partial charge in [-0.1, -0.05) is 6.92 Å². The molecule has 0 radical (unpaired) electrons. The number of carbonyl (C=O) groups excluding carboxylic acids is 1. The van der Waals surface area contributed by atoms with Crippen LogP contribution in [0, 0.1) is 11.3 Å². The van der Waals surface area contributed by atoms with E-state index in [9.17, 15) is 10.1 Å². The molecule has 1 aliphatic carbocycles. The molecular weight excluding hydrogens is 292 g/mol. The predicted molar refractivity (Wildman–Crippen MR) is 88.4 cm³/mol. The van der Waals surface area contributed by atoms with Gasteiger partial charge in [0.25, 0.3) is 5.91 Å². The van der Waals surface area contributed by atoms with Gasteiger partial charge in [0.1, 0.15) is 17.4 Å². The summed E-state index contributed by atoms with van der Waals surface area (Å²) in [6, 6.07) is 7.27. The average Bonchev–Trinajstić information content (AvgIpc) is 3.06. The van der Waals surface area contributed by atoms with Crippen molar-refractivity contribution in [3.8, 4) is 11.8 Å². The van der Waals surface area contributed by atoms with E-state index in [1.807, 2.05) is 13.8 Å². The summed E-state index contributed by atoms with van der Waals surface area (Å²) in [5, 5.41) is 12.2. The van der Waals surface area contributed by atoms with E-state index in [0.717, 1.165) is 19.3 Å². The summed E-state index contributed by atoms with van der Waals surface area (Å²) >= 11 is 0. The molecule has 1 aromatic carbocycles. The lowest BCUT2D eigenvalue weighted by molar-refractivity contribution is -0.137. The zero-order valence-corrected chi connectivity index (χ0v) is 14.0. The zero-order chi connectivity index (χ0) is 16.9. The number of nitriles is 1. The number of anilines is 1. The fourth-order valence-electron chi connectivity index (χ4n) is 2.82. The summed E-state index contributed by atoms with van der Waals surface area (Å²) in [6.07, 6.45) is 4.36. The van der Waals surface area contributed by atoms with Gasteiger partial charge in [0.2, 0.25) is 0 Å². The third-order valence-corrected chi connectivity index (χ3v) is 4.49. The first kappa shape index (κ1) is 17.3. The molecule has 1 fully saturated rings. The minimum atomic E-state index is -0.765. The number of methoxy groups -OCH3 is 1. The van der Waals surface area contributed by atoms with E-state index >= 15 is 0 Å². The standard InChI is InChI=1S/C18H24N2O3/c1-4-13(2)23-15-7-8-16(14(11-15)12-19)20-17(21)18(22-3)9-5-6-10-18/h7-8,11,13H,4-6,9-10H2,1-3H3,(H,20,21)/t13-/m1/s1. The maximum atomic E-state index is 12.6. The Hall–Kier alpha value is -2.06. The van der Waals surface area contributed by atoms with Crippen LogP contribution in [0.15, 0.2) is 18.2 Å². The molecule has 0 aliphatic heterocycles. The van der Waals surface area contributed by atoms with Crippen molar-refractivity contribution in [3.63, 3.8) is 0 Å². The van der Waals surface area contributed by atoms with Gasteiger partial charge in [0.15, 0.2) is 0 Å². The molecule has 0 bridgehead atoms. The van der Waals surface area contributed by atoms with Gasteiger partial charge in [-0.15, -0.1) is 0 Å². The van der Waals surface area contributed by atoms with Gasteiger partial charge in [0.05, 0.1) is 17.4 Å². The van der Waals surface area contributed by atoms with E-state index in [-0.39, 0.29) is 12.0 Å². The van der Waals surface area contributed by atoms with E-state index < -0.39 is 5.60 Å². The largest absolute Gasteiger partial charge is 0.491 e. The Morgan fingerprint density at radius 1 is 1.43 bits per heavy atom. The minimum absolute atomic E-state index is 0.0808. The lowest BCUT2D eigenvalue weighted by Gasteiger charge is -2.26. The van der Waals surface area contributed by atoms with E-state index in [2.05, 4.69) is 11.4 Å². The molecule has 1 amide bonds. The molecule has 1 saturated carbocycles. The summed E-state index contributed by atoms with van der Waals surface area (Å²) in [7, 11) is 1.57. The predicted octanol–water partition coefficient (Wildman–Crippen LogP) is 3.63. The lowest BCUT2D eigenvalue weighted by Crippen LogP contribution is -2.42. The van der Waals surface area contributed by atoms with Crippen LogP contribution in [0.3, 0.4) is 0 Å². The third kappa shape index (κ3) is 3.83. The van der Waals surface area contributed by atoms with Crippen LogP contribution in [0.4, 0.5) is 5.69 Å². The van der Waals surface area contributed by atoms with Crippen molar-refractivity contribution in [2.45, 2.75) is 57.7 Å². The molecule has 0 aromatic heterocycles. The quantitative estimate of drug-likeness (QED) is 0.870. The molecule has 1 aromatic rings. The molecule has 0 heterocycles. The Labute approximate surface area is 137 Å². The molecule has 5 heteroatoms. The molecule has 0 saturated heterocycles. The van der Waals surface area contributed by atoms with Gasteiger partial charge >= 0.3 is 0 Å². The first-order chi connectivity index (χ1) is 11.0. The lowest BCUT2D eigenvalue weighted by atomic mass is 10.0. The third-order valence-electron chi connectivity index (χ3n) is 4.49. The number of carbonyl (C=O) groups is 1. The highest BCUT2D eigenvalue weighted by molar-refractivity contribution is 5.98. The molecule has 1 atom stereocenters. The van der Waals surface area contributed by atoms with E-state index in [0.29, 0.717) is 29.8 Å². The van der Waals surface area contributed by atoms with Crippen molar-refractivity contribution in [3.05, 3.63) is 23.8 Å². The fourth-order valence-corrected chi connectivity index (χ4v) is 2.82. The maximum absolute atomic E-state index is 12.6. The average molecular weight is 316 g/mol. The molecule has 2 rings (SSSR count). The van der Waals surface area contributed by atoms with Crippen molar-refractivity contribution in [2.75, 3.05) is 12.4 Å². The number of rotatable bonds is 6. The minimum Gasteiger partial charge on any atom is -0.491 e.